The number of aromatic nitrogens is 1. The topological polar surface area (TPSA) is 51.4 Å². The summed E-state index contributed by atoms with van der Waals surface area (Å²) in [6.07, 6.45) is -2.54. The summed E-state index contributed by atoms with van der Waals surface area (Å²) in [7, 11) is -4.43. The van der Waals surface area contributed by atoms with Crippen LogP contribution in [-0.4, -0.2) is 13.0 Å². The van der Waals surface area contributed by atoms with Crippen LogP contribution in [0.5, 0.6) is 0 Å². The van der Waals surface area contributed by atoms with Crippen LogP contribution in [0.4, 0.5) is 13.2 Å². The van der Waals surface area contributed by atoms with Crippen molar-refractivity contribution in [1.82, 2.24) is 4.57 Å². The van der Waals surface area contributed by atoms with Gasteiger partial charge in [-0.25, -0.2) is 0 Å². The zero-order chi connectivity index (χ0) is 21.8. The van der Waals surface area contributed by atoms with Gasteiger partial charge in [0.15, 0.2) is 0 Å². The zero-order valence-electron chi connectivity index (χ0n) is 16.5. The van der Waals surface area contributed by atoms with Gasteiger partial charge in [0.1, 0.15) is 4.90 Å². The lowest BCUT2D eigenvalue weighted by molar-refractivity contribution is -0.137. The molecule has 1 aliphatic rings. The minimum atomic E-state index is -4.68. The molecule has 1 fully saturated rings. The van der Waals surface area contributed by atoms with Crippen LogP contribution in [-0.2, 0) is 28.2 Å². The third-order valence-corrected chi connectivity index (χ3v) is 8.18. The molecule has 0 N–H and O–H groups in total. The van der Waals surface area contributed by atoms with Crippen LogP contribution in [0.3, 0.4) is 0 Å². The molecule has 1 heterocycles. The Morgan fingerprint density at radius 1 is 1.24 bits per heavy atom. The molecule has 0 saturated heterocycles. The van der Waals surface area contributed by atoms with Crippen LogP contribution >= 0.6 is 22.9 Å². The number of nitrogens with zero attached hydrogens (tertiary/aromatic N) is 2. The van der Waals surface area contributed by atoms with Crippen LogP contribution in [0.1, 0.15) is 49.7 Å². The van der Waals surface area contributed by atoms with Gasteiger partial charge in [0, 0.05) is 17.1 Å². The van der Waals surface area contributed by atoms with Crippen molar-refractivity contribution < 1.29 is 21.6 Å². The molecule has 160 valence electrons. The van der Waals surface area contributed by atoms with E-state index in [1.165, 1.54) is 11.3 Å². The molecule has 1 saturated carbocycles. The second kappa shape index (κ2) is 7.42. The van der Waals surface area contributed by atoms with Gasteiger partial charge in [-0.3, -0.25) is 0 Å². The van der Waals surface area contributed by atoms with Gasteiger partial charge < -0.3 is 4.57 Å². The number of thiazole rings is 1. The van der Waals surface area contributed by atoms with Crippen LogP contribution in [0.2, 0.25) is 5.02 Å². The van der Waals surface area contributed by atoms with Crippen molar-refractivity contribution in [2.45, 2.75) is 63.6 Å². The minimum Gasteiger partial charge on any atom is -0.320 e. The Morgan fingerprint density at radius 3 is 2.38 bits per heavy atom. The Kier molecular flexibility index (Phi) is 5.73. The SMILES string of the molecule is Cc1c(C(C)(C)C)s/c(=N\S(=O)(=O)c2cc(C(F)(F)F)ccc2Cl)n1CC1CC1. The maximum Gasteiger partial charge on any atom is 0.416 e. The van der Waals surface area contributed by atoms with E-state index in [4.69, 9.17) is 11.6 Å². The maximum atomic E-state index is 13.0. The first-order valence-electron chi connectivity index (χ1n) is 9.08. The number of sulfonamides is 1. The standard InChI is InChI=1S/C19H22ClF3N2O2S2/c1-11-16(18(2,3)4)28-17(25(11)10-12-5-6-12)24-29(26,27)15-9-13(19(21,22)23)7-8-14(15)20/h7-9,12H,5-6,10H2,1-4H3/b24-17-. The summed E-state index contributed by atoms with van der Waals surface area (Å²) in [6.45, 7) is 8.63. The summed E-state index contributed by atoms with van der Waals surface area (Å²) in [5.41, 5.74) is -0.372. The van der Waals surface area contributed by atoms with Crippen molar-refractivity contribution in [2.24, 2.45) is 10.3 Å². The van der Waals surface area contributed by atoms with E-state index >= 15 is 0 Å². The monoisotopic (exact) mass is 466 g/mol. The van der Waals surface area contributed by atoms with E-state index in [1.54, 1.807) is 0 Å². The van der Waals surface area contributed by atoms with Gasteiger partial charge in [0.25, 0.3) is 10.0 Å². The van der Waals surface area contributed by atoms with Crippen molar-refractivity contribution in [3.05, 3.63) is 44.2 Å². The van der Waals surface area contributed by atoms with E-state index in [2.05, 4.69) is 4.40 Å². The Morgan fingerprint density at radius 2 is 1.86 bits per heavy atom. The number of rotatable bonds is 4. The van der Waals surface area contributed by atoms with E-state index < -0.39 is 26.7 Å². The molecular formula is C19H22ClF3N2O2S2. The predicted octanol–water partition coefficient (Wildman–Crippen LogP) is 5.53. The molecule has 29 heavy (non-hydrogen) atoms. The first kappa shape index (κ1) is 22.4. The quantitative estimate of drug-likeness (QED) is 0.595. The van der Waals surface area contributed by atoms with Crippen molar-refractivity contribution in [1.29, 1.82) is 0 Å². The highest BCUT2D eigenvalue weighted by Gasteiger charge is 2.33. The molecule has 3 rings (SSSR count). The van der Waals surface area contributed by atoms with Gasteiger partial charge in [-0.15, -0.1) is 15.7 Å². The highest BCUT2D eigenvalue weighted by molar-refractivity contribution is 7.90. The second-order valence-electron chi connectivity index (χ2n) is 8.31. The van der Waals surface area contributed by atoms with Crippen LogP contribution < -0.4 is 4.80 Å². The van der Waals surface area contributed by atoms with E-state index in [0.29, 0.717) is 18.5 Å². The van der Waals surface area contributed by atoms with Crippen molar-refractivity contribution in [3.63, 3.8) is 0 Å². The molecule has 0 bridgehead atoms. The Balaban J connectivity index is 2.19. The summed E-state index contributed by atoms with van der Waals surface area (Å²) in [4.78, 5) is 0.602. The summed E-state index contributed by atoms with van der Waals surface area (Å²) < 4.78 is 70.7. The number of hydrogen-bond donors (Lipinski definition) is 0. The normalized spacial score (nSPS) is 16.5. The summed E-state index contributed by atoms with van der Waals surface area (Å²) in [6, 6.07) is 2.23. The summed E-state index contributed by atoms with van der Waals surface area (Å²) in [5, 5.41) is -0.292. The smallest absolute Gasteiger partial charge is 0.320 e. The molecule has 0 aliphatic heterocycles. The Labute approximate surface area is 177 Å². The molecule has 0 atom stereocenters. The first-order valence-corrected chi connectivity index (χ1v) is 11.7. The number of halogens is 4. The van der Waals surface area contributed by atoms with Gasteiger partial charge in [-0.2, -0.15) is 21.6 Å². The Bertz CT molecular complexity index is 1110. The number of alkyl halides is 3. The van der Waals surface area contributed by atoms with E-state index in [0.717, 1.165) is 35.5 Å². The number of benzene rings is 1. The molecule has 0 radical (unpaired) electrons. The van der Waals surface area contributed by atoms with Crippen LogP contribution in [0, 0.1) is 12.8 Å². The largest absolute Gasteiger partial charge is 0.416 e. The molecule has 1 aliphatic carbocycles. The van der Waals surface area contributed by atoms with Gasteiger partial charge in [-0.05, 0) is 49.3 Å². The predicted molar refractivity (Wildman–Crippen MR) is 108 cm³/mol. The highest BCUT2D eigenvalue weighted by Crippen LogP contribution is 2.35. The third-order valence-electron chi connectivity index (χ3n) is 4.71. The first-order chi connectivity index (χ1) is 13.2. The van der Waals surface area contributed by atoms with E-state index in [9.17, 15) is 21.6 Å². The molecular weight excluding hydrogens is 445 g/mol. The molecule has 2 aromatic rings. The van der Waals surface area contributed by atoms with E-state index in [-0.39, 0.29) is 15.2 Å². The zero-order valence-corrected chi connectivity index (χ0v) is 18.9. The molecule has 4 nitrogen and oxygen atoms in total. The van der Waals surface area contributed by atoms with Gasteiger partial charge >= 0.3 is 6.18 Å². The van der Waals surface area contributed by atoms with Gasteiger partial charge in [0.05, 0.1) is 10.6 Å². The molecule has 0 amide bonds. The van der Waals surface area contributed by atoms with Crippen molar-refractivity contribution in [3.8, 4) is 0 Å². The van der Waals surface area contributed by atoms with Gasteiger partial charge in [0.2, 0.25) is 4.80 Å². The van der Waals surface area contributed by atoms with Crippen LogP contribution in [0.25, 0.3) is 0 Å². The lowest BCUT2D eigenvalue weighted by atomic mass is 9.93. The Hall–Kier alpha value is -1.32. The minimum absolute atomic E-state index is 0.217. The van der Waals surface area contributed by atoms with Crippen molar-refractivity contribution in [2.75, 3.05) is 0 Å². The van der Waals surface area contributed by atoms with Crippen LogP contribution in [0.15, 0.2) is 27.5 Å². The lowest BCUT2D eigenvalue weighted by Crippen LogP contribution is -2.20. The highest BCUT2D eigenvalue weighted by atomic mass is 35.5. The van der Waals surface area contributed by atoms with Gasteiger partial charge in [-0.1, -0.05) is 32.4 Å². The summed E-state index contributed by atoms with van der Waals surface area (Å²) >= 11 is 7.18. The fourth-order valence-electron chi connectivity index (χ4n) is 3.05. The second-order valence-corrected chi connectivity index (χ2v) is 11.3. The fourth-order valence-corrected chi connectivity index (χ4v) is 5.97. The third kappa shape index (κ3) is 4.88. The summed E-state index contributed by atoms with van der Waals surface area (Å²) in [5.74, 6) is 0.468. The van der Waals surface area contributed by atoms with Crippen molar-refractivity contribution >= 4 is 33.0 Å². The average molecular weight is 467 g/mol. The number of hydrogen-bond acceptors (Lipinski definition) is 3. The molecule has 0 unspecified atom stereocenters. The lowest BCUT2D eigenvalue weighted by Gasteiger charge is -2.17. The maximum absolute atomic E-state index is 13.0. The molecule has 1 aromatic heterocycles. The molecule has 10 heteroatoms. The molecule has 0 spiro atoms. The van der Waals surface area contributed by atoms with E-state index in [1.807, 2.05) is 32.3 Å². The average Bonchev–Trinajstić information content (AvgIpc) is 3.32. The fraction of sp³-hybridized carbons (Fsp3) is 0.526. The molecule has 1 aromatic carbocycles.